The summed E-state index contributed by atoms with van der Waals surface area (Å²) in [6, 6.07) is 0. The molecule has 2 heteroatoms. The lowest BCUT2D eigenvalue weighted by atomic mass is 10.2. The fraction of sp³-hybridized carbons (Fsp3) is 0.444. The van der Waals surface area contributed by atoms with Gasteiger partial charge < -0.3 is 5.11 Å². The number of aliphatic hydroxyl groups is 1. The molecule has 60 valence electrons. The molecule has 0 spiro atoms. The second-order valence-electron chi connectivity index (χ2n) is 2.63. The normalized spacial score (nSPS) is 17.4. The molecular formula is C9H12O2. The molecule has 0 unspecified atom stereocenters. The molecule has 0 saturated heterocycles. The van der Waals surface area contributed by atoms with Gasteiger partial charge in [-0.3, -0.25) is 4.79 Å². The lowest BCUT2D eigenvalue weighted by Crippen LogP contribution is -1.97. The van der Waals surface area contributed by atoms with Crippen LogP contribution in [0.4, 0.5) is 0 Å². The van der Waals surface area contributed by atoms with E-state index in [2.05, 4.69) is 6.08 Å². The summed E-state index contributed by atoms with van der Waals surface area (Å²) in [5, 5.41) is 8.39. The summed E-state index contributed by atoms with van der Waals surface area (Å²) in [7, 11) is 0. The van der Waals surface area contributed by atoms with Crippen molar-refractivity contribution in [2.75, 3.05) is 6.61 Å². The van der Waals surface area contributed by atoms with E-state index in [1.165, 1.54) is 18.1 Å². The molecule has 1 aliphatic rings. The molecular weight excluding hydrogens is 140 g/mol. The highest BCUT2D eigenvalue weighted by Crippen LogP contribution is 2.17. The Morgan fingerprint density at radius 2 is 2.55 bits per heavy atom. The topological polar surface area (TPSA) is 37.3 Å². The molecule has 1 aliphatic carbocycles. The maximum atomic E-state index is 10.6. The Bertz CT molecular complexity index is 202. The largest absolute Gasteiger partial charge is 0.388 e. The van der Waals surface area contributed by atoms with Crippen LogP contribution in [0.1, 0.15) is 19.3 Å². The number of rotatable bonds is 3. The van der Waals surface area contributed by atoms with Crippen LogP contribution >= 0.6 is 0 Å². The van der Waals surface area contributed by atoms with Crippen molar-refractivity contribution < 1.29 is 9.90 Å². The van der Waals surface area contributed by atoms with Crippen molar-refractivity contribution in [1.29, 1.82) is 0 Å². The van der Waals surface area contributed by atoms with Gasteiger partial charge in [0.1, 0.15) is 6.61 Å². The van der Waals surface area contributed by atoms with Crippen molar-refractivity contribution in [3.63, 3.8) is 0 Å². The average Bonchev–Trinajstić information content (AvgIpc) is 2.52. The fourth-order valence-corrected chi connectivity index (χ4v) is 1.10. The van der Waals surface area contributed by atoms with Crippen LogP contribution in [0.3, 0.4) is 0 Å². The number of hydrogen-bond acceptors (Lipinski definition) is 2. The van der Waals surface area contributed by atoms with E-state index in [0.717, 1.165) is 12.8 Å². The summed E-state index contributed by atoms with van der Waals surface area (Å²) in [5.74, 6) is -0.224. The smallest absolute Gasteiger partial charge is 0.181 e. The second-order valence-corrected chi connectivity index (χ2v) is 2.63. The van der Waals surface area contributed by atoms with Crippen molar-refractivity contribution in [3.05, 3.63) is 23.8 Å². The Hall–Kier alpha value is -0.890. The minimum absolute atomic E-state index is 0.224. The lowest BCUT2D eigenvalue weighted by molar-refractivity contribution is -0.117. The zero-order chi connectivity index (χ0) is 8.10. The zero-order valence-corrected chi connectivity index (χ0v) is 6.42. The van der Waals surface area contributed by atoms with E-state index < -0.39 is 0 Å². The van der Waals surface area contributed by atoms with Gasteiger partial charge in [0.2, 0.25) is 0 Å². The molecule has 0 saturated carbocycles. The molecule has 0 bridgehead atoms. The van der Waals surface area contributed by atoms with E-state index >= 15 is 0 Å². The first-order valence-electron chi connectivity index (χ1n) is 3.84. The third-order valence-electron chi connectivity index (χ3n) is 1.72. The van der Waals surface area contributed by atoms with Gasteiger partial charge in [-0.1, -0.05) is 17.7 Å². The first kappa shape index (κ1) is 8.21. The predicted molar refractivity (Wildman–Crippen MR) is 43.2 cm³/mol. The molecule has 0 aliphatic heterocycles. The van der Waals surface area contributed by atoms with Crippen LogP contribution in [-0.2, 0) is 4.79 Å². The van der Waals surface area contributed by atoms with Crippen molar-refractivity contribution in [1.82, 2.24) is 0 Å². The van der Waals surface area contributed by atoms with E-state index in [4.69, 9.17) is 5.11 Å². The molecule has 0 heterocycles. The molecule has 1 N–H and O–H groups in total. The monoisotopic (exact) mass is 152 g/mol. The summed E-state index contributed by atoms with van der Waals surface area (Å²) < 4.78 is 0. The number of aliphatic hydroxyl groups excluding tert-OH is 1. The summed E-state index contributed by atoms with van der Waals surface area (Å²) in [6.07, 6.45) is 8.74. The molecule has 0 fully saturated rings. The van der Waals surface area contributed by atoms with Gasteiger partial charge in [-0.15, -0.1) is 0 Å². The van der Waals surface area contributed by atoms with Crippen molar-refractivity contribution in [2.45, 2.75) is 19.3 Å². The van der Waals surface area contributed by atoms with Crippen LogP contribution in [0, 0.1) is 0 Å². The van der Waals surface area contributed by atoms with Crippen LogP contribution < -0.4 is 0 Å². The first-order chi connectivity index (χ1) is 5.33. The summed E-state index contributed by atoms with van der Waals surface area (Å²) in [4.78, 5) is 10.6. The van der Waals surface area contributed by atoms with E-state index in [9.17, 15) is 4.79 Å². The van der Waals surface area contributed by atoms with Crippen LogP contribution in [0.2, 0.25) is 0 Å². The molecule has 11 heavy (non-hydrogen) atoms. The standard InChI is InChI=1S/C9H12O2/c10-7-9(11)6-5-8-3-1-2-4-8/h3,5-6,10H,1-2,4,7H2. The molecule has 0 amide bonds. The van der Waals surface area contributed by atoms with Gasteiger partial charge in [-0.25, -0.2) is 0 Å². The summed E-state index contributed by atoms with van der Waals surface area (Å²) >= 11 is 0. The molecule has 0 aromatic carbocycles. The average molecular weight is 152 g/mol. The van der Waals surface area contributed by atoms with Gasteiger partial charge in [0.15, 0.2) is 5.78 Å². The highest BCUT2D eigenvalue weighted by atomic mass is 16.3. The van der Waals surface area contributed by atoms with Gasteiger partial charge in [0.25, 0.3) is 0 Å². The van der Waals surface area contributed by atoms with Crippen molar-refractivity contribution in [3.8, 4) is 0 Å². The third-order valence-corrected chi connectivity index (χ3v) is 1.72. The van der Waals surface area contributed by atoms with E-state index in [0.29, 0.717) is 0 Å². The van der Waals surface area contributed by atoms with Gasteiger partial charge in [0, 0.05) is 0 Å². The molecule has 0 aromatic rings. The second kappa shape index (κ2) is 4.09. The number of carbonyl (C=O) groups is 1. The summed E-state index contributed by atoms with van der Waals surface area (Å²) in [5.41, 5.74) is 1.21. The number of allylic oxidation sites excluding steroid dienone is 3. The van der Waals surface area contributed by atoms with Gasteiger partial charge in [-0.2, -0.15) is 0 Å². The molecule has 1 rings (SSSR count). The highest BCUT2D eigenvalue weighted by Gasteiger charge is 2.00. The quantitative estimate of drug-likeness (QED) is 0.617. The molecule has 0 atom stereocenters. The van der Waals surface area contributed by atoms with Gasteiger partial charge >= 0.3 is 0 Å². The SMILES string of the molecule is O=C(C=CC1=CCCC1)CO. The highest BCUT2D eigenvalue weighted by molar-refractivity contribution is 5.90. The number of hydrogen-bond donors (Lipinski definition) is 1. The Balaban J connectivity index is 2.40. The van der Waals surface area contributed by atoms with Gasteiger partial charge in [0.05, 0.1) is 0 Å². The molecule has 0 aromatic heterocycles. The molecule has 0 radical (unpaired) electrons. The number of carbonyl (C=O) groups excluding carboxylic acids is 1. The number of ketones is 1. The van der Waals surface area contributed by atoms with Crippen LogP contribution in [0.15, 0.2) is 23.8 Å². The Morgan fingerprint density at radius 1 is 1.73 bits per heavy atom. The minimum Gasteiger partial charge on any atom is -0.388 e. The van der Waals surface area contributed by atoms with Crippen LogP contribution in [-0.4, -0.2) is 17.5 Å². The van der Waals surface area contributed by atoms with Crippen LogP contribution in [0.25, 0.3) is 0 Å². The fourth-order valence-electron chi connectivity index (χ4n) is 1.10. The van der Waals surface area contributed by atoms with Crippen LogP contribution in [0.5, 0.6) is 0 Å². The minimum atomic E-state index is -0.385. The zero-order valence-electron chi connectivity index (χ0n) is 6.42. The third kappa shape index (κ3) is 2.68. The Kier molecular flexibility index (Phi) is 3.05. The van der Waals surface area contributed by atoms with Crippen molar-refractivity contribution in [2.24, 2.45) is 0 Å². The van der Waals surface area contributed by atoms with E-state index in [1.54, 1.807) is 6.08 Å². The predicted octanol–water partition coefficient (Wildman–Crippen LogP) is 1.21. The summed E-state index contributed by atoms with van der Waals surface area (Å²) in [6.45, 7) is -0.385. The van der Waals surface area contributed by atoms with Gasteiger partial charge in [-0.05, 0) is 25.3 Å². The van der Waals surface area contributed by atoms with E-state index in [1.807, 2.05) is 0 Å². The first-order valence-corrected chi connectivity index (χ1v) is 3.84. The maximum absolute atomic E-state index is 10.6. The van der Waals surface area contributed by atoms with E-state index in [-0.39, 0.29) is 12.4 Å². The lowest BCUT2D eigenvalue weighted by Gasteiger charge is -1.89. The Labute approximate surface area is 66.2 Å². The van der Waals surface area contributed by atoms with Crippen molar-refractivity contribution >= 4 is 5.78 Å². The Morgan fingerprint density at radius 3 is 3.09 bits per heavy atom. The maximum Gasteiger partial charge on any atom is 0.181 e. The molecule has 2 nitrogen and oxygen atoms in total.